The second kappa shape index (κ2) is 3.42. The van der Waals surface area contributed by atoms with Crippen LogP contribution < -0.4 is 4.90 Å². The van der Waals surface area contributed by atoms with Crippen molar-refractivity contribution in [1.82, 2.24) is 9.97 Å². The Morgan fingerprint density at radius 3 is 2.21 bits per heavy atom. The minimum atomic E-state index is 0.697. The molecule has 1 aromatic carbocycles. The summed E-state index contributed by atoms with van der Waals surface area (Å²) in [6.07, 6.45) is 3.34. The van der Waals surface area contributed by atoms with Gasteiger partial charge in [0.05, 0.1) is 21.7 Å². The summed E-state index contributed by atoms with van der Waals surface area (Å²) in [5.74, 6) is 0. The molecule has 72 valence electrons. The molecule has 4 heteroatoms. The van der Waals surface area contributed by atoms with Crippen LogP contribution in [0.4, 0.5) is 5.69 Å². The third kappa shape index (κ3) is 1.51. The molecule has 0 unspecified atom stereocenters. The normalized spacial score (nSPS) is 10.5. The zero-order valence-corrected chi connectivity index (χ0v) is 8.78. The van der Waals surface area contributed by atoms with E-state index in [1.165, 1.54) is 0 Å². The molecular weight excluding hydrogens is 198 g/mol. The molecular formula is C10H10ClN3. The maximum atomic E-state index is 6.09. The maximum absolute atomic E-state index is 6.09. The number of fused-ring (bicyclic) bond motifs is 1. The predicted molar refractivity (Wildman–Crippen MR) is 58.9 cm³/mol. The van der Waals surface area contributed by atoms with Gasteiger partial charge in [0.15, 0.2) is 0 Å². The molecule has 1 heterocycles. The lowest BCUT2D eigenvalue weighted by molar-refractivity contribution is 1.13. The number of nitrogens with zero attached hydrogens (tertiary/aromatic N) is 3. The molecule has 0 aliphatic heterocycles. The van der Waals surface area contributed by atoms with Gasteiger partial charge in [0, 0.05) is 26.5 Å². The first kappa shape index (κ1) is 9.21. The van der Waals surface area contributed by atoms with E-state index in [9.17, 15) is 0 Å². The Balaban J connectivity index is 2.71. The highest BCUT2D eigenvalue weighted by molar-refractivity contribution is 6.34. The monoisotopic (exact) mass is 207 g/mol. The fourth-order valence-electron chi connectivity index (χ4n) is 1.32. The number of benzene rings is 1. The first-order valence-corrected chi connectivity index (χ1v) is 4.64. The van der Waals surface area contributed by atoms with Gasteiger partial charge in [-0.15, -0.1) is 0 Å². The quantitative estimate of drug-likeness (QED) is 0.719. The molecule has 0 aliphatic rings. The third-order valence-corrected chi connectivity index (χ3v) is 2.32. The Morgan fingerprint density at radius 2 is 1.64 bits per heavy atom. The summed E-state index contributed by atoms with van der Waals surface area (Å²) < 4.78 is 0. The number of aromatic nitrogens is 2. The van der Waals surface area contributed by atoms with Crippen molar-refractivity contribution in [3.8, 4) is 0 Å². The van der Waals surface area contributed by atoms with Gasteiger partial charge < -0.3 is 4.90 Å². The standard InChI is InChI=1S/C10H10ClN3/c1-14(2)10-6-9-8(5-7(10)11)12-3-4-13-9/h3-6H,1-2H3. The van der Waals surface area contributed by atoms with Crippen LogP contribution in [-0.4, -0.2) is 24.1 Å². The molecule has 0 atom stereocenters. The molecule has 0 amide bonds. The largest absolute Gasteiger partial charge is 0.376 e. The summed E-state index contributed by atoms with van der Waals surface area (Å²) in [5.41, 5.74) is 2.64. The number of anilines is 1. The van der Waals surface area contributed by atoms with Crippen LogP contribution >= 0.6 is 11.6 Å². The lowest BCUT2D eigenvalue weighted by atomic mass is 10.2. The summed E-state index contributed by atoms with van der Waals surface area (Å²) in [5, 5.41) is 0.697. The van der Waals surface area contributed by atoms with Crippen molar-refractivity contribution in [2.45, 2.75) is 0 Å². The summed E-state index contributed by atoms with van der Waals surface area (Å²) in [6, 6.07) is 3.77. The Hall–Kier alpha value is -1.35. The molecule has 0 spiro atoms. The SMILES string of the molecule is CN(C)c1cc2nccnc2cc1Cl. The average molecular weight is 208 g/mol. The Labute approximate surface area is 87.3 Å². The van der Waals surface area contributed by atoms with Gasteiger partial charge in [0.2, 0.25) is 0 Å². The fraction of sp³-hybridized carbons (Fsp3) is 0.200. The highest BCUT2D eigenvalue weighted by Crippen LogP contribution is 2.27. The molecule has 0 fully saturated rings. The zero-order chi connectivity index (χ0) is 10.1. The van der Waals surface area contributed by atoms with Gasteiger partial charge in [-0.2, -0.15) is 0 Å². The van der Waals surface area contributed by atoms with Crippen molar-refractivity contribution in [2.75, 3.05) is 19.0 Å². The topological polar surface area (TPSA) is 29.0 Å². The highest BCUT2D eigenvalue weighted by Gasteiger charge is 2.05. The first-order valence-electron chi connectivity index (χ1n) is 4.26. The molecule has 0 saturated heterocycles. The molecule has 14 heavy (non-hydrogen) atoms. The highest BCUT2D eigenvalue weighted by atomic mass is 35.5. The van der Waals surface area contributed by atoms with E-state index >= 15 is 0 Å². The van der Waals surface area contributed by atoms with Gasteiger partial charge in [-0.3, -0.25) is 9.97 Å². The van der Waals surface area contributed by atoms with E-state index in [4.69, 9.17) is 11.6 Å². The Bertz CT molecular complexity index is 468. The van der Waals surface area contributed by atoms with Crippen LogP contribution in [0.2, 0.25) is 5.02 Å². The van der Waals surface area contributed by atoms with Crippen LogP contribution in [0.1, 0.15) is 0 Å². The van der Waals surface area contributed by atoms with E-state index < -0.39 is 0 Å². The van der Waals surface area contributed by atoms with Crippen LogP contribution in [0.3, 0.4) is 0 Å². The average Bonchev–Trinajstić information content (AvgIpc) is 2.16. The van der Waals surface area contributed by atoms with E-state index in [1.807, 2.05) is 31.1 Å². The van der Waals surface area contributed by atoms with Gasteiger partial charge in [-0.1, -0.05) is 11.6 Å². The fourth-order valence-corrected chi connectivity index (χ4v) is 1.64. The molecule has 2 rings (SSSR count). The second-order valence-corrected chi connectivity index (χ2v) is 3.65. The van der Waals surface area contributed by atoms with Crippen molar-refractivity contribution < 1.29 is 0 Å². The second-order valence-electron chi connectivity index (χ2n) is 3.24. The molecule has 3 nitrogen and oxygen atoms in total. The Kier molecular flexibility index (Phi) is 2.25. The van der Waals surface area contributed by atoms with Gasteiger partial charge in [-0.25, -0.2) is 0 Å². The van der Waals surface area contributed by atoms with Gasteiger partial charge in [0.25, 0.3) is 0 Å². The minimum absolute atomic E-state index is 0.697. The molecule has 0 bridgehead atoms. The summed E-state index contributed by atoms with van der Waals surface area (Å²) >= 11 is 6.09. The molecule has 0 N–H and O–H groups in total. The van der Waals surface area contributed by atoms with Crippen LogP contribution in [0.25, 0.3) is 11.0 Å². The lowest BCUT2D eigenvalue weighted by Gasteiger charge is -2.14. The number of rotatable bonds is 1. The third-order valence-electron chi connectivity index (χ3n) is 2.02. The van der Waals surface area contributed by atoms with Crippen LogP contribution in [0.5, 0.6) is 0 Å². The molecule has 0 aliphatic carbocycles. The van der Waals surface area contributed by atoms with Crippen molar-refractivity contribution in [3.05, 3.63) is 29.5 Å². The van der Waals surface area contributed by atoms with Crippen molar-refractivity contribution in [1.29, 1.82) is 0 Å². The summed E-state index contributed by atoms with van der Waals surface area (Å²) in [4.78, 5) is 10.3. The Morgan fingerprint density at radius 1 is 1.07 bits per heavy atom. The van der Waals surface area contributed by atoms with E-state index in [0.717, 1.165) is 16.7 Å². The van der Waals surface area contributed by atoms with Crippen LogP contribution in [0.15, 0.2) is 24.5 Å². The van der Waals surface area contributed by atoms with Gasteiger partial charge >= 0.3 is 0 Å². The first-order chi connectivity index (χ1) is 6.68. The number of halogens is 1. The molecule has 1 aromatic heterocycles. The number of hydrogen-bond acceptors (Lipinski definition) is 3. The van der Waals surface area contributed by atoms with E-state index in [1.54, 1.807) is 12.4 Å². The van der Waals surface area contributed by atoms with Crippen molar-refractivity contribution in [2.24, 2.45) is 0 Å². The zero-order valence-electron chi connectivity index (χ0n) is 8.03. The van der Waals surface area contributed by atoms with Gasteiger partial charge in [0.1, 0.15) is 0 Å². The maximum Gasteiger partial charge on any atom is 0.0908 e. The van der Waals surface area contributed by atoms with E-state index in [0.29, 0.717) is 5.02 Å². The van der Waals surface area contributed by atoms with E-state index in [2.05, 4.69) is 9.97 Å². The molecule has 2 aromatic rings. The summed E-state index contributed by atoms with van der Waals surface area (Å²) in [7, 11) is 3.90. The van der Waals surface area contributed by atoms with Crippen molar-refractivity contribution in [3.63, 3.8) is 0 Å². The smallest absolute Gasteiger partial charge is 0.0908 e. The lowest BCUT2D eigenvalue weighted by Crippen LogP contribution is -2.09. The molecule has 0 saturated carbocycles. The minimum Gasteiger partial charge on any atom is -0.376 e. The molecule has 0 radical (unpaired) electrons. The summed E-state index contributed by atoms with van der Waals surface area (Å²) in [6.45, 7) is 0. The van der Waals surface area contributed by atoms with E-state index in [-0.39, 0.29) is 0 Å². The predicted octanol–water partition coefficient (Wildman–Crippen LogP) is 2.35. The van der Waals surface area contributed by atoms with Crippen molar-refractivity contribution >= 4 is 28.3 Å². The number of hydrogen-bond donors (Lipinski definition) is 0. The van der Waals surface area contributed by atoms with Gasteiger partial charge in [-0.05, 0) is 12.1 Å². The van der Waals surface area contributed by atoms with Crippen LogP contribution in [0, 0.1) is 0 Å². The van der Waals surface area contributed by atoms with Crippen LogP contribution in [-0.2, 0) is 0 Å².